The van der Waals surface area contributed by atoms with Crippen molar-refractivity contribution in [2.75, 3.05) is 6.54 Å². The van der Waals surface area contributed by atoms with Gasteiger partial charge in [0.2, 0.25) is 0 Å². The summed E-state index contributed by atoms with van der Waals surface area (Å²) < 4.78 is 2.27. The summed E-state index contributed by atoms with van der Waals surface area (Å²) in [7, 11) is 0. The van der Waals surface area contributed by atoms with Gasteiger partial charge in [-0.25, -0.2) is 0 Å². The molecule has 0 aliphatic heterocycles. The van der Waals surface area contributed by atoms with Gasteiger partial charge in [0, 0.05) is 25.5 Å². The van der Waals surface area contributed by atoms with Crippen LogP contribution in [-0.4, -0.2) is 11.1 Å². The molecular formula is C20H37ClN2. The van der Waals surface area contributed by atoms with E-state index in [0.29, 0.717) is 0 Å². The van der Waals surface area contributed by atoms with Crippen molar-refractivity contribution in [3.63, 3.8) is 0 Å². The van der Waals surface area contributed by atoms with Crippen molar-refractivity contribution in [1.29, 1.82) is 0 Å². The molecular weight excluding hydrogens is 304 g/mol. The summed E-state index contributed by atoms with van der Waals surface area (Å²) in [6, 6.07) is 4.30. The van der Waals surface area contributed by atoms with Gasteiger partial charge < -0.3 is 4.57 Å². The summed E-state index contributed by atoms with van der Waals surface area (Å²) in [6.45, 7) is 6.64. The Morgan fingerprint density at radius 3 is 1.87 bits per heavy atom. The summed E-state index contributed by atoms with van der Waals surface area (Å²) in [6.07, 6.45) is 19.2. The second kappa shape index (κ2) is 16.1. The van der Waals surface area contributed by atoms with Crippen LogP contribution in [0, 0.1) is 0 Å². The van der Waals surface area contributed by atoms with Gasteiger partial charge in [-0.1, -0.05) is 71.6 Å². The molecule has 2 nitrogen and oxygen atoms in total. The largest absolute Gasteiger partial charge is 0.354 e. The van der Waals surface area contributed by atoms with Crippen LogP contribution in [0.2, 0.25) is 0 Å². The first-order chi connectivity index (χ1) is 10.9. The van der Waals surface area contributed by atoms with E-state index in [2.05, 4.69) is 47.9 Å². The third kappa shape index (κ3) is 12.3. The summed E-state index contributed by atoms with van der Waals surface area (Å²) >= 11 is 0. The van der Waals surface area contributed by atoms with Crippen molar-refractivity contribution in [2.24, 2.45) is 4.99 Å². The van der Waals surface area contributed by atoms with Crippen LogP contribution in [0.1, 0.15) is 84.5 Å². The lowest BCUT2D eigenvalue weighted by molar-refractivity contribution is 0.577. The number of pyridine rings is 1. The number of hydrogen-bond donors (Lipinski definition) is 0. The molecule has 0 N–H and O–H groups in total. The monoisotopic (exact) mass is 340 g/mol. The van der Waals surface area contributed by atoms with Gasteiger partial charge in [0.15, 0.2) is 0 Å². The number of nitrogens with zero attached hydrogens (tertiary/aromatic N) is 2. The first-order valence-electron chi connectivity index (χ1n) is 9.53. The van der Waals surface area contributed by atoms with Gasteiger partial charge in [0.05, 0.1) is 5.36 Å². The number of hydrogen-bond acceptors (Lipinski definition) is 1. The molecule has 0 spiro atoms. The molecule has 0 saturated carbocycles. The van der Waals surface area contributed by atoms with Gasteiger partial charge in [-0.3, -0.25) is 4.99 Å². The first-order valence-corrected chi connectivity index (χ1v) is 9.53. The molecule has 1 aromatic heterocycles. The van der Waals surface area contributed by atoms with Crippen LogP contribution in [0.4, 0.5) is 0 Å². The Hall–Kier alpha value is -0.760. The lowest BCUT2D eigenvalue weighted by Gasteiger charge is -2.04. The van der Waals surface area contributed by atoms with Gasteiger partial charge in [-0.2, -0.15) is 0 Å². The molecule has 0 aromatic carbocycles. The van der Waals surface area contributed by atoms with E-state index in [1.807, 2.05) is 0 Å². The molecule has 1 rings (SSSR count). The minimum atomic E-state index is 0. The van der Waals surface area contributed by atoms with E-state index in [-0.39, 0.29) is 12.4 Å². The molecule has 0 bridgehead atoms. The Kier molecular flexibility index (Phi) is 15.6. The molecule has 0 aliphatic carbocycles. The van der Waals surface area contributed by atoms with Gasteiger partial charge in [0.1, 0.15) is 0 Å². The van der Waals surface area contributed by atoms with Crippen molar-refractivity contribution in [1.82, 2.24) is 4.57 Å². The standard InChI is InChI=1S/C20H36N2.ClH/c1-3-5-7-8-9-10-11-12-16-21-20-14-18-22(19-15-20)17-13-6-4-2;/h14-15,18-19H,3-13,16-17H2,1-2H3;1H. The molecule has 134 valence electrons. The number of rotatable bonds is 13. The minimum Gasteiger partial charge on any atom is -0.354 e. The van der Waals surface area contributed by atoms with Crippen LogP contribution in [0.5, 0.6) is 0 Å². The van der Waals surface area contributed by atoms with E-state index >= 15 is 0 Å². The van der Waals surface area contributed by atoms with E-state index in [1.54, 1.807) is 0 Å². The average Bonchev–Trinajstić information content (AvgIpc) is 2.55. The summed E-state index contributed by atoms with van der Waals surface area (Å²) in [5.41, 5.74) is 0. The molecule has 0 atom stereocenters. The maximum Gasteiger partial charge on any atom is 0.0603 e. The molecule has 0 radical (unpaired) electrons. The molecule has 0 amide bonds. The second-order valence-corrected chi connectivity index (χ2v) is 6.36. The smallest absolute Gasteiger partial charge is 0.0603 e. The molecule has 1 heterocycles. The zero-order valence-corrected chi connectivity index (χ0v) is 16.1. The maximum atomic E-state index is 4.68. The average molecular weight is 341 g/mol. The zero-order chi connectivity index (χ0) is 15.9. The van der Waals surface area contributed by atoms with Crippen LogP contribution >= 0.6 is 12.4 Å². The SMILES string of the molecule is CCCCCCCCCCN=c1ccn(CCCCC)cc1.Cl. The zero-order valence-electron chi connectivity index (χ0n) is 15.3. The highest BCUT2D eigenvalue weighted by Crippen LogP contribution is 2.08. The van der Waals surface area contributed by atoms with Crippen molar-refractivity contribution >= 4 is 12.4 Å². The van der Waals surface area contributed by atoms with E-state index in [4.69, 9.17) is 0 Å². The Balaban J connectivity index is 0.00000484. The summed E-state index contributed by atoms with van der Waals surface area (Å²) in [5, 5.41) is 1.13. The van der Waals surface area contributed by atoms with Gasteiger partial charge in [-0.15, -0.1) is 12.4 Å². The fraction of sp³-hybridized carbons (Fsp3) is 0.750. The fourth-order valence-corrected chi connectivity index (χ4v) is 2.70. The van der Waals surface area contributed by atoms with Gasteiger partial charge in [-0.05, 0) is 25.0 Å². The van der Waals surface area contributed by atoms with Crippen molar-refractivity contribution < 1.29 is 0 Å². The second-order valence-electron chi connectivity index (χ2n) is 6.36. The highest BCUT2D eigenvalue weighted by Gasteiger charge is 1.92. The quantitative estimate of drug-likeness (QED) is 0.384. The predicted octanol–water partition coefficient (Wildman–Crippen LogP) is 6.14. The number of aromatic nitrogens is 1. The Morgan fingerprint density at radius 2 is 1.26 bits per heavy atom. The van der Waals surface area contributed by atoms with Crippen molar-refractivity contribution in [3.8, 4) is 0 Å². The minimum absolute atomic E-state index is 0. The molecule has 1 aromatic rings. The molecule has 3 heteroatoms. The van der Waals surface area contributed by atoms with Crippen molar-refractivity contribution in [2.45, 2.75) is 91.0 Å². The van der Waals surface area contributed by atoms with Crippen LogP contribution in [0.3, 0.4) is 0 Å². The third-order valence-electron chi connectivity index (χ3n) is 4.20. The lowest BCUT2D eigenvalue weighted by Crippen LogP contribution is -2.06. The third-order valence-corrected chi connectivity index (χ3v) is 4.20. The summed E-state index contributed by atoms with van der Waals surface area (Å²) in [4.78, 5) is 4.68. The molecule has 0 unspecified atom stereocenters. The first kappa shape index (κ1) is 22.2. The molecule has 0 aliphatic rings. The molecule has 0 saturated heterocycles. The molecule has 0 fully saturated rings. The van der Waals surface area contributed by atoms with E-state index in [9.17, 15) is 0 Å². The lowest BCUT2D eigenvalue weighted by atomic mass is 10.1. The van der Waals surface area contributed by atoms with Crippen LogP contribution < -0.4 is 5.36 Å². The summed E-state index contributed by atoms with van der Waals surface area (Å²) in [5.74, 6) is 0. The fourth-order valence-electron chi connectivity index (χ4n) is 2.70. The topological polar surface area (TPSA) is 17.3 Å². The van der Waals surface area contributed by atoms with Gasteiger partial charge in [0.25, 0.3) is 0 Å². The van der Waals surface area contributed by atoms with E-state index in [1.165, 1.54) is 70.6 Å². The normalized spacial score (nSPS) is 10.3. The highest BCUT2D eigenvalue weighted by molar-refractivity contribution is 5.85. The van der Waals surface area contributed by atoms with E-state index < -0.39 is 0 Å². The Morgan fingerprint density at radius 1 is 0.739 bits per heavy atom. The van der Waals surface area contributed by atoms with Crippen molar-refractivity contribution in [3.05, 3.63) is 29.9 Å². The molecule has 23 heavy (non-hydrogen) atoms. The number of aryl methyl sites for hydroxylation is 1. The van der Waals surface area contributed by atoms with Crippen LogP contribution in [0.15, 0.2) is 29.5 Å². The van der Waals surface area contributed by atoms with Crippen LogP contribution in [0.25, 0.3) is 0 Å². The predicted molar refractivity (Wildman–Crippen MR) is 104 cm³/mol. The maximum absolute atomic E-state index is 4.68. The van der Waals surface area contributed by atoms with Gasteiger partial charge >= 0.3 is 0 Å². The Labute approximate surface area is 149 Å². The number of unbranched alkanes of at least 4 members (excludes halogenated alkanes) is 9. The van der Waals surface area contributed by atoms with Crippen LogP contribution in [-0.2, 0) is 6.54 Å². The van der Waals surface area contributed by atoms with E-state index in [0.717, 1.165) is 18.4 Å². The Bertz CT molecular complexity index is 405. The highest BCUT2D eigenvalue weighted by atomic mass is 35.5. The number of halogens is 1.